The van der Waals surface area contributed by atoms with E-state index in [1.165, 1.54) is 0 Å². The van der Waals surface area contributed by atoms with E-state index >= 15 is 0 Å². The number of nitrogen functional groups attached to an aromatic ring is 2. The molecule has 0 saturated carbocycles. The highest BCUT2D eigenvalue weighted by Crippen LogP contribution is 2.42. The van der Waals surface area contributed by atoms with Crippen molar-refractivity contribution in [2.24, 2.45) is 15.3 Å². The topological polar surface area (TPSA) is 305 Å². The maximum absolute atomic E-state index is 12.3. The van der Waals surface area contributed by atoms with Gasteiger partial charge in [-0.25, -0.2) is 18.2 Å². The Morgan fingerprint density at radius 2 is 1.60 bits per heavy atom. The van der Waals surface area contributed by atoms with E-state index < -0.39 is 96.9 Å². The van der Waals surface area contributed by atoms with Gasteiger partial charge >= 0.3 is 0 Å². The van der Waals surface area contributed by atoms with Gasteiger partial charge in [0, 0.05) is 0 Å². The quantitative estimate of drug-likeness (QED) is 0.115. The largest absolute Gasteiger partial charge is 0.750 e. The highest BCUT2D eigenvalue weighted by atomic mass is 32.2. The minimum atomic E-state index is -5.11. The second-order valence-corrected chi connectivity index (χ2v) is 11.8. The third kappa shape index (κ3) is 6.82. The lowest BCUT2D eigenvalue weighted by molar-refractivity contribution is 0.318. The van der Waals surface area contributed by atoms with E-state index in [4.69, 9.17) is 12.9 Å². The number of sulfone groups is 1. The van der Waals surface area contributed by atoms with Crippen LogP contribution in [0.1, 0.15) is 0 Å². The Bertz CT molecular complexity index is 1590. The standard InChI is InChI=1S/C14H16N6O11S4/c15-12-9(6-11(35(28,29)30)13(16)14(12)18-17)20-19-8-2-1-7(5-10(8)34(25,26)27)33(23,24)4-3-31-32(21)22/h1-2,5-6,17H,3-4,15-16H2,(H,21,22)(H,25,26,27)(H,28,29,30)/p-1/i/hD. The number of benzene rings is 2. The van der Waals surface area contributed by atoms with Crippen LogP contribution in [0.5, 0.6) is 0 Å². The molecule has 192 valence electrons. The lowest BCUT2D eigenvalue weighted by atomic mass is 10.2. The molecule has 21 heteroatoms. The average molecular weight is 573 g/mol. The maximum Gasteiger partial charge on any atom is 0.296 e. The zero-order valence-corrected chi connectivity index (χ0v) is 20.1. The fraction of sp³-hybridized carbons (Fsp3) is 0.143. The van der Waals surface area contributed by atoms with Crippen molar-refractivity contribution in [2.45, 2.75) is 14.7 Å². The average Bonchev–Trinajstić information content (AvgIpc) is 2.74. The van der Waals surface area contributed by atoms with Crippen molar-refractivity contribution >= 4 is 69.9 Å². The Morgan fingerprint density at radius 1 is 1.00 bits per heavy atom. The third-order valence-electron chi connectivity index (χ3n) is 4.06. The minimum Gasteiger partial charge on any atom is -0.750 e. The first-order chi connectivity index (χ1) is 16.5. The number of hydrogen-bond acceptors (Lipinski definition) is 15. The number of nitrogens with one attached hydrogen (secondary N) is 1. The Balaban J connectivity index is 2.64. The molecule has 0 aliphatic rings. The van der Waals surface area contributed by atoms with Gasteiger partial charge in [0.25, 0.3) is 20.2 Å². The fourth-order valence-corrected chi connectivity index (χ4v) is 5.28. The van der Waals surface area contributed by atoms with Gasteiger partial charge in [-0.2, -0.15) is 21.9 Å². The first-order valence-corrected chi connectivity index (χ1v) is 14.1. The minimum absolute atomic E-state index is 0.483. The lowest BCUT2D eigenvalue weighted by Gasteiger charge is -2.10. The third-order valence-corrected chi connectivity index (χ3v) is 7.87. The summed E-state index contributed by atoms with van der Waals surface area (Å²) >= 11 is -2.99. The molecule has 0 amide bonds. The van der Waals surface area contributed by atoms with E-state index in [0.29, 0.717) is 12.1 Å². The van der Waals surface area contributed by atoms with Gasteiger partial charge < -0.3 is 16.0 Å². The summed E-state index contributed by atoms with van der Waals surface area (Å²) in [4.78, 5) is -2.63. The molecule has 0 fully saturated rings. The van der Waals surface area contributed by atoms with Gasteiger partial charge in [0.2, 0.25) is 1.41 Å². The molecule has 0 radical (unpaired) electrons. The summed E-state index contributed by atoms with van der Waals surface area (Å²) in [7, 11) is -14.4. The van der Waals surface area contributed by atoms with Gasteiger partial charge in [-0.1, -0.05) is 0 Å². The molecule has 0 aliphatic carbocycles. The van der Waals surface area contributed by atoms with Gasteiger partial charge in [0.05, 0.1) is 40.0 Å². The van der Waals surface area contributed by atoms with Crippen LogP contribution in [0.25, 0.3) is 0 Å². The summed E-state index contributed by atoms with van der Waals surface area (Å²) in [6, 6.07) is 2.84. The molecular weight excluding hydrogens is 556 g/mol. The fourth-order valence-electron chi connectivity index (χ4n) is 2.48. The molecule has 1 unspecified atom stereocenters. The molecule has 1 atom stereocenters. The summed E-state index contributed by atoms with van der Waals surface area (Å²) in [6.45, 7) is -0.772. The SMILES string of the molecule is [2H]N=Nc1c(N)c(N=Nc2ccc(S(=O)(=O)CCOS(=O)[O-])cc2S(=O)(=O)O)cc(S(=O)(=O)O)c1N. The van der Waals surface area contributed by atoms with E-state index in [1.807, 2.05) is 0 Å². The van der Waals surface area contributed by atoms with Gasteiger partial charge in [-0.3, -0.25) is 13.3 Å². The van der Waals surface area contributed by atoms with Gasteiger partial charge in [0.15, 0.2) is 9.84 Å². The molecule has 0 saturated heterocycles. The highest BCUT2D eigenvalue weighted by Gasteiger charge is 2.24. The van der Waals surface area contributed by atoms with E-state index in [1.54, 1.807) is 0 Å². The lowest BCUT2D eigenvalue weighted by Crippen LogP contribution is -2.14. The molecule has 0 aromatic heterocycles. The summed E-state index contributed by atoms with van der Waals surface area (Å²) in [5.74, 6) is -0.861. The molecule has 0 bridgehead atoms. The van der Waals surface area contributed by atoms with Crippen LogP contribution < -0.4 is 11.5 Å². The number of rotatable bonds is 10. The summed E-state index contributed by atoms with van der Waals surface area (Å²) in [5, 5.41) is 10.3. The van der Waals surface area contributed by atoms with Crippen molar-refractivity contribution in [3.05, 3.63) is 24.3 Å². The van der Waals surface area contributed by atoms with E-state index in [2.05, 4.69) is 25.0 Å². The first-order valence-electron chi connectivity index (χ1n) is 8.97. The van der Waals surface area contributed by atoms with E-state index in [0.717, 1.165) is 12.1 Å². The zero-order valence-electron chi connectivity index (χ0n) is 17.9. The van der Waals surface area contributed by atoms with Gasteiger partial charge in [-0.05, 0) is 24.3 Å². The van der Waals surface area contributed by atoms with Crippen LogP contribution in [-0.4, -0.2) is 55.5 Å². The van der Waals surface area contributed by atoms with Crippen molar-refractivity contribution in [1.82, 2.24) is 0 Å². The van der Waals surface area contributed by atoms with Crippen LogP contribution in [0.15, 0.2) is 54.3 Å². The highest BCUT2D eigenvalue weighted by molar-refractivity contribution is 7.91. The predicted octanol–water partition coefficient (Wildman–Crippen LogP) is 1.01. The van der Waals surface area contributed by atoms with Crippen LogP contribution >= 0.6 is 0 Å². The number of nitrogens with zero attached hydrogens (tertiary/aromatic N) is 3. The summed E-state index contributed by atoms with van der Waals surface area (Å²) in [5.41, 5.74) is 11.1. The summed E-state index contributed by atoms with van der Waals surface area (Å²) in [6.07, 6.45) is 0. The first kappa shape index (κ1) is 26.7. The Hall–Kier alpha value is -2.92. The smallest absolute Gasteiger partial charge is 0.296 e. The molecule has 2 aromatic carbocycles. The maximum atomic E-state index is 12.3. The number of hydrogen-bond donors (Lipinski definition) is 5. The second-order valence-electron chi connectivity index (χ2n) is 6.29. The van der Waals surface area contributed by atoms with Crippen molar-refractivity contribution in [3.63, 3.8) is 0 Å². The number of azo groups is 1. The molecule has 17 nitrogen and oxygen atoms in total. The Morgan fingerprint density at radius 3 is 2.14 bits per heavy atom. The van der Waals surface area contributed by atoms with Gasteiger partial charge in [0.1, 0.15) is 26.9 Å². The number of anilines is 2. The molecule has 2 rings (SSSR count). The van der Waals surface area contributed by atoms with Crippen LogP contribution in [0.3, 0.4) is 0 Å². The zero-order chi connectivity index (χ0) is 27.5. The summed E-state index contributed by atoms with van der Waals surface area (Å²) < 4.78 is 122. The van der Waals surface area contributed by atoms with Crippen molar-refractivity contribution in [3.8, 4) is 0 Å². The second kappa shape index (κ2) is 10.4. The monoisotopic (exact) mass is 572 g/mol. The molecule has 35 heavy (non-hydrogen) atoms. The van der Waals surface area contributed by atoms with Gasteiger partial charge in [-0.15, -0.1) is 10.2 Å². The van der Waals surface area contributed by atoms with Crippen molar-refractivity contribution in [2.75, 3.05) is 23.8 Å². The van der Waals surface area contributed by atoms with Crippen LogP contribution in [0.4, 0.5) is 28.4 Å². The Kier molecular flexibility index (Phi) is 7.90. The molecule has 0 spiro atoms. The predicted molar refractivity (Wildman–Crippen MR) is 117 cm³/mol. The van der Waals surface area contributed by atoms with E-state index in [-0.39, 0.29) is 0 Å². The van der Waals surface area contributed by atoms with Crippen molar-refractivity contribution in [1.29, 1.82) is 5.52 Å². The molecule has 7 N–H and O–H groups in total. The van der Waals surface area contributed by atoms with Crippen LogP contribution in [-0.2, 0) is 45.6 Å². The molecule has 2 aromatic rings. The van der Waals surface area contributed by atoms with Crippen LogP contribution in [0, 0.1) is 5.52 Å². The molecule has 0 aliphatic heterocycles. The molecule has 0 heterocycles. The normalized spacial score (nSPS) is 14.4. The van der Waals surface area contributed by atoms with Crippen molar-refractivity contribution < 1.29 is 48.7 Å². The molecular formula is C14H15N6O11S4-. The number of nitrogens with two attached hydrogens (primary N) is 2. The van der Waals surface area contributed by atoms with E-state index in [9.17, 15) is 43.1 Å². The van der Waals surface area contributed by atoms with Crippen LogP contribution in [0.2, 0.25) is 1.41 Å². The Labute approximate surface area is 202 Å².